The normalized spacial score (nSPS) is 51.8. The average Bonchev–Trinajstić information content (AvgIpc) is 2.93. The lowest BCUT2D eigenvalue weighted by atomic mass is 9.48. The Kier molecular flexibility index (Phi) is 3.18. The Hall–Kier alpha value is -0.630. The predicted molar refractivity (Wildman–Crippen MR) is 87.3 cm³/mol. The second-order valence-corrected chi connectivity index (χ2v) is 9.11. The van der Waals surface area contributed by atoms with Crippen LogP contribution in [0.5, 0.6) is 0 Å². The maximum absolute atomic E-state index is 12.0. The van der Waals surface area contributed by atoms with Crippen molar-refractivity contribution in [1.29, 1.82) is 0 Å². The maximum atomic E-state index is 12.0. The molecule has 3 fully saturated rings. The molecule has 0 spiro atoms. The van der Waals surface area contributed by atoms with Crippen LogP contribution in [0.2, 0.25) is 0 Å². The number of aliphatic hydroxyl groups is 1. The van der Waals surface area contributed by atoms with Gasteiger partial charge in [0.1, 0.15) is 0 Å². The minimum Gasteiger partial charge on any atom is -0.393 e. The molecule has 2 nitrogen and oxygen atoms in total. The minimum absolute atomic E-state index is 0.157. The number of fused-ring (bicyclic) bond motifs is 5. The van der Waals surface area contributed by atoms with E-state index in [0.717, 1.165) is 24.7 Å². The summed E-state index contributed by atoms with van der Waals surface area (Å²) in [5, 5.41) is 10.2. The third-order valence-electron chi connectivity index (χ3n) is 8.27. The summed E-state index contributed by atoms with van der Waals surface area (Å²) < 4.78 is 0. The zero-order valence-electron chi connectivity index (χ0n) is 14.3. The van der Waals surface area contributed by atoms with E-state index in [4.69, 9.17) is 0 Å². The van der Waals surface area contributed by atoms with E-state index in [1.54, 1.807) is 0 Å². The van der Waals surface area contributed by atoms with E-state index in [-0.39, 0.29) is 11.5 Å². The van der Waals surface area contributed by atoms with Crippen molar-refractivity contribution in [2.45, 2.75) is 71.8 Å². The van der Waals surface area contributed by atoms with Gasteiger partial charge in [-0.15, -0.1) is 0 Å². The number of ketones is 1. The van der Waals surface area contributed by atoms with Crippen molar-refractivity contribution < 1.29 is 9.90 Å². The van der Waals surface area contributed by atoms with E-state index >= 15 is 0 Å². The van der Waals surface area contributed by atoms with Crippen LogP contribution < -0.4 is 0 Å². The first-order valence-corrected chi connectivity index (χ1v) is 9.28. The Morgan fingerprint density at radius 3 is 2.68 bits per heavy atom. The van der Waals surface area contributed by atoms with Gasteiger partial charge in [0, 0.05) is 6.42 Å². The van der Waals surface area contributed by atoms with E-state index in [0.29, 0.717) is 23.0 Å². The number of hydrogen-bond donors (Lipinski definition) is 1. The van der Waals surface area contributed by atoms with E-state index in [2.05, 4.69) is 13.8 Å². The van der Waals surface area contributed by atoms with Gasteiger partial charge in [-0.05, 0) is 86.0 Å². The summed E-state index contributed by atoms with van der Waals surface area (Å²) in [5.74, 6) is 3.08. The summed E-state index contributed by atoms with van der Waals surface area (Å²) in [5.41, 5.74) is 1.94. The average molecular weight is 302 g/mol. The Balaban J connectivity index is 1.66. The fraction of sp³-hybridized carbons (Fsp3) is 0.850. The van der Waals surface area contributed by atoms with Crippen molar-refractivity contribution in [1.82, 2.24) is 0 Å². The van der Waals surface area contributed by atoms with Gasteiger partial charge in [0.15, 0.2) is 5.78 Å². The van der Waals surface area contributed by atoms with Gasteiger partial charge in [0.25, 0.3) is 0 Å². The highest BCUT2D eigenvalue weighted by Gasteiger charge is 2.60. The Morgan fingerprint density at radius 1 is 1.18 bits per heavy atom. The van der Waals surface area contributed by atoms with E-state index in [9.17, 15) is 9.90 Å². The molecule has 22 heavy (non-hydrogen) atoms. The van der Waals surface area contributed by atoms with Crippen LogP contribution in [0, 0.1) is 34.5 Å². The Labute approximate surface area is 134 Å². The van der Waals surface area contributed by atoms with Gasteiger partial charge in [0.05, 0.1) is 6.10 Å². The molecule has 0 radical (unpaired) electrons. The third-order valence-corrected chi connectivity index (χ3v) is 8.27. The third kappa shape index (κ3) is 1.79. The molecule has 2 heteroatoms. The van der Waals surface area contributed by atoms with Crippen LogP contribution in [-0.4, -0.2) is 17.0 Å². The summed E-state index contributed by atoms with van der Waals surface area (Å²) in [6, 6.07) is 0. The lowest BCUT2D eigenvalue weighted by Crippen LogP contribution is -2.50. The van der Waals surface area contributed by atoms with Gasteiger partial charge in [-0.25, -0.2) is 0 Å². The number of hydrogen-bond acceptors (Lipinski definition) is 2. The first-order chi connectivity index (χ1) is 10.4. The number of carbonyl (C=O) groups is 1. The summed E-state index contributed by atoms with van der Waals surface area (Å²) in [6.07, 6.45) is 9.93. The molecular weight excluding hydrogens is 272 g/mol. The second-order valence-electron chi connectivity index (χ2n) is 9.11. The largest absolute Gasteiger partial charge is 0.393 e. The van der Waals surface area contributed by atoms with Crippen molar-refractivity contribution >= 4 is 5.78 Å². The quantitative estimate of drug-likeness (QED) is 0.791. The Morgan fingerprint density at radius 2 is 1.95 bits per heavy atom. The molecule has 122 valence electrons. The van der Waals surface area contributed by atoms with Gasteiger partial charge in [-0.3, -0.25) is 4.79 Å². The first-order valence-electron chi connectivity index (χ1n) is 9.28. The van der Waals surface area contributed by atoms with Crippen LogP contribution >= 0.6 is 0 Å². The molecule has 0 aromatic rings. The summed E-state index contributed by atoms with van der Waals surface area (Å²) in [7, 11) is 0. The standard InChI is InChI=1S/C20H30O2/c1-12(21)16-6-7-17-15-5-4-13-10-14(22)11-20(13,3)18(15)8-9-19(16,17)2/h10,12,15-18,21H,4-9,11H2,1-3H3/t12-,15-,16+,17+,18-,19-,20-/m1/s1. The van der Waals surface area contributed by atoms with Crippen LogP contribution in [0.3, 0.4) is 0 Å². The van der Waals surface area contributed by atoms with Crippen LogP contribution in [0.4, 0.5) is 0 Å². The predicted octanol–water partition coefficient (Wildman–Crippen LogP) is 4.13. The molecule has 4 aliphatic rings. The van der Waals surface area contributed by atoms with Gasteiger partial charge in [0.2, 0.25) is 0 Å². The topological polar surface area (TPSA) is 37.3 Å². The molecule has 0 amide bonds. The van der Waals surface area contributed by atoms with E-state index in [1.165, 1.54) is 37.7 Å². The molecule has 3 saturated carbocycles. The highest BCUT2D eigenvalue weighted by molar-refractivity contribution is 5.94. The number of aliphatic hydroxyl groups excluding tert-OH is 1. The molecule has 0 aromatic carbocycles. The monoisotopic (exact) mass is 302 g/mol. The molecule has 0 aromatic heterocycles. The van der Waals surface area contributed by atoms with Gasteiger partial charge in [-0.1, -0.05) is 19.4 Å². The van der Waals surface area contributed by atoms with Gasteiger partial charge >= 0.3 is 0 Å². The van der Waals surface area contributed by atoms with Crippen molar-refractivity contribution in [2.75, 3.05) is 0 Å². The molecule has 0 aliphatic heterocycles. The van der Waals surface area contributed by atoms with E-state index in [1.807, 2.05) is 13.0 Å². The molecule has 1 N–H and O–H groups in total. The summed E-state index contributed by atoms with van der Waals surface area (Å²) >= 11 is 0. The zero-order chi connectivity index (χ0) is 15.7. The highest BCUT2D eigenvalue weighted by Crippen LogP contribution is 2.67. The molecule has 4 aliphatic carbocycles. The first kappa shape index (κ1) is 14.9. The number of carbonyl (C=O) groups excluding carboxylic acids is 1. The molecular formula is C20H30O2. The molecule has 0 unspecified atom stereocenters. The van der Waals surface area contributed by atoms with Crippen molar-refractivity contribution in [3.05, 3.63) is 11.6 Å². The van der Waals surface area contributed by atoms with Gasteiger partial charge < -0.3 is 5.11 Å². The fourth-order valence-corrected chi connectivity index (χ4v) is 7.25. The molecule has 0 bridgehead atoms. The molecule has 4 rings (SSSR count). The van der Waals surface area contributed by atoms with Crippen molar-refractivity contribution in [2.24, 2.45) is 34.5 Å². The molecule has 0 saturated heterocycles. The highest BCUT2D eigenvalue weighted by atomic mass is 16.3. The van der Waals surface area contributed by atoms with Crippen LogP contribution in [0.1, 0.15) is 65.7 Å². The SMILES string of the molecule is C[C@@H](O)[C@@H]1CC[C@H]2[C@H]3CCC4=CC(=O)C[C@@]4(C)[C@@H]3CC[C@@]21C. The lowest BCUT2D eigenvalue weighted by Gasteiger charge is -2.56. The summed E-state index contributed by atoms with van der Waals surface area (Å²) in [4.78, 5) is 12.0. The van der Waals surface area contributed by atoms with Crippen LogP contribution in [-0.2, 0) is 4.79 Å². The second kappa shape index (κ2) is 4.69. The smallest absolute Gasteiger partial charge is 0.156 e. The molecule has 7 atom stereocenters. The maximum Gasteiger partial charge on any atom is 0.156 e. The van der Waals surface area contributed by atoms with Crippen molar-refractivity contribution in [3.63, 3.8) is 0 Å². The van der Waals surface area contributed by atoms with Crippen molar-refractivity contribution in [3.8, 4) is 0 Å². The van der Waals surface area contributed by atoms with Gasteiger partial charge in [-0.2, -0.15) is 0 Å². The number of rotatable bonds is 1. The van der Waals surface area contributed by atoms with Crippen LogP contribution in [0.15, 0.2) is 11.6 Å². The fourth-order valence-electron chi connectivity index (χ4n) is 7.25. The van der Waals surface area contributed by atoms with E-state index < -0.39 is 0 Å². The lowest BCUT2D eigenvalue weighted by molar-refractivity contribution is -0.117. The summed E-state index contributed by atoms with van der Waals surface area (Å²) in [6.45, 7) is 6.80. The zero-order valence-corrected chi connectivity index (χ0v) is 14.3. The number of allylic oxidation sites excluding steroid dienone is 2. The van der Waals surface area contributed by atoms with Crippen LogP contribution in [0.25, 0.3) is 0 Å². The molecule has 0 heterocycles. The Bertz CT molecular complexity index is 534. The minimum atomic E-state index is -0.172.